The van der Waals surface area contributed by atoms with E-state index in [4.69, 9.17) is 9.47 Å². The largest absolute Gasteiger partial charge is 0.496 e. The Morgan fingerprint density at radius 3 is 2.62 bits per heavy atom. The lowest BCUT2D eigenvalue weighted by atomic mass is 9.98. The average Bonchev–Trinajstić information content (AvgIpc) is 2.68. The molecule has 0 N–H and O–H groups in total. The van der Waals surface area contributed by atoms with E-state index in [1.165, 1.54) is 4.31 Å². The molecule has 0 spiro atoms. The van der Waals surface area contributed by atoms with Gasteiger partial charge in [0.25, 0.3) is 0 Å². The Bertz CT molecular complexity index is 759. The SMILES string of the molecule is COc1ccc(S(=O)(=O)N2CCC[C@@H](C(=O)N3CCOCC3)C2)cc1C. The highest BCUT2D eigenvalue weighted by atomic mass is 32.2. The highest BCUT2D eigenvalue weighted by Gasteiger charge is 2.35. The zero-order valence-electron chi connectivity index (χ0n) is 15.3. The van der Waals surface area contributed by atoms with E-state index in [0.29, 0.717) is 45.0 Å². The lowest BCUT2D eigenvalue weighted by Crippen LogP contribution is -2.49. The Hall–Kier alpha value is -1.64. The third-order valence-electron chi connectivity index (χ3n) is 5.06. The molecule has 0 aliphatic carbocycles. The van der Waals surface area contributed by atoms with Gasteiger partial charge < -0.3 is 14.4 Å². The Balaban J connectivity index is 1.75. The Morgan fingerprint density at radius 1 is 1.23 bits per heavy atom. The molecule has 2 heterocycles. The second-order valence-electron chi connectivity index (χ2n) is 6.77. The molecule has 0 unspecified atom stereocenters. The maximum Gasteiger partial charge on any atom is 0.243 e. The van der Waals surface area contributed by atoms with Crippen molar-refractivity contribution in [3.8, 4) is 5.75 Å². The molecule has 0 saturated carbocycles. The molecule has 1 atom stereocenters. The smallest absolute Gasteiger partial charge is 0.243 e. The molecular formula is C18H26N2O5S. The summed E-state index contributed by atoms with van der Waals surface area (Å²) in [4.78, 5) is 14.8. The summed E-state index contributed by atoms with van der Waals surface area (Å²) in [6, 6.07) is 4.86. The van der Waals surface area contributed by atoms with Gasteiger partial charge in [-0.05, 0) is 43.5 Å². The van der Waals surface area contributed by atoms with Crippen LogP contribution in [0.25, 0.3) is 0 Å². The first kappa shape index (κ1) is 19.1. The van der Waals surface area contributed by atoms with Crippen molar-refractivity contribution in [1.82, 2.24) is 9.21 Å². The lowest BCUT2D eigenvalue weighted by molar-refractivity contribution is -0.140. The zero-order valence-corrected chi connectivity index (χ0v) is 16.1. The number of piperidine rings is 1. The van der Waals surface area contributed by atoms with Gasteiger partial charge in [0.1, 0.15) is 5.75 Å². The summed E-state index contributed by atoms with van der Waals surface area (Å²) in [5.74, 6) is 0.415. The van der Waals surface area contributed by atoms with Crippen LogP contribution in [0.1, 0.15) is 18.4 Å². The number of sulfonamides is 1. The van der Waals surface area contributed by atoms with Gasteiger partial charge in [0.15, 0.2) is 0 Å². The number of hydrogen-bond acceptors (Lipinski definition) is 5. The van der Waals surface area contributed by atoms with Crippen molar-refractivity contribution in [2.24, 2.45) is 5.92 Å². The van der Waals surface area contributed by atoms with Crippen LogP contribution < -0.4 is 4.74 Å². The number of hydrogen-bond donors (Lipinski definition) is 0. The molecule has 26 heavy (non-hydrogen) atoms. The van der Waals surface area contributed by atoms with E-state index < -0.39 is 10.0 Å². The second-order valence-corrected chi connectivity index (χ2v) is 8.71. The number of carbonyl (C=O) groups is 1. The number of methoxy groups -OCH3 is 1. The number of rotatable bonds is 4. The van der Waals surface area contributed by atoms with Crippen LogP contribution >= 0.6 is 0 Å². The van der Waals surface area contributed by atoms with E-state index in [0.717, 1.165) is 12.0 Å². The van der Waals surface area contributed by atoms with E-state index in [1.54, 1.807) is 30.2 Å². The highest BCUT2D eigenvalue weighted by molar-refractivity contribution is 7.89. The van der Waals surface area contributed by atoms with Crippen LogP contribution in [0.5, 0.6) is 5.75 Å². The maximum absolute atomic E-state index is 13.0. The van der Waals surface area contributed by atoms with Crippen LogP contribution in [-0.2, 0) is 19.6 Å². The van der Waals surface area contributed by atoms with Gasteiger partial charge in [-0.15, -0.1) is 0 Å². The van der Waals surface area contributed by atoms with Crippen molar-refractivity contribution < 1.29 is 22.7 Å². The van der Waals surface area contributed by atoms with Gasteiger partial charge in [0, 0.05) is 26.2 Å². The summed E-state index contributed by atoms with van der Waals surface area (Å²) in [6.07, 6.45) is 1.42. The number of carbonyl (C=O) groups excluding carboxylic acids is 1. The molecule has 1 aromatic rings. The molecular weight excluding hydrogens is 356 g/mol. The van der Waals surface area contributed by atoms with E-state index in [-0.39, 0.29) is 23.3 Å². The normalized spacial score (nSPS) is 22.2. The summed E-state index contributed by atoms with van der Waals surface area (Å²) in [5, 5.41) is 0. The van der Waals surface area contributed by atoms with Crippen LogP contribution in [0.3, 0.4) is 0 Å². The molecule has 0 bridgehead atoms. The van der Waals surface area contributed by atoms with Gasteiger partial charge in [0.05, 0.1) is 31.1 Å². The number of morpholine rings is 1. The summed E-state index contributed by atoms with van der Waals surface area (Å²) in [6.45, 7) is 4.76. The molecule has 3 rings (SSSR count). The molecule has 1 amide bonds. The summed E-state index contributed by atoms with van der Waals surface area (Å²) in [7, 11) is -2.07. The van der Waals surface area contributed by atoms with Crippen LogP contribution in [0.2, 0.25) is 0 Å². The summed E-state index contributed by atoms with van der Waals surface area (Å²) < 4.78 is 38.0. The molecule has 1 aromatic carbocycles. The van der Waals surface area contributed by atoms with Crippen molar-refractivity contribution >= 4 is 15.9 Å². The fourth-order valence-corrected chi connectivity index (χ4v) is 5.17. The molecule has 8 heteroatoms. The minimum absolute atomic E-state index is 0.0408. The van der Waals surface area contributed by atoms with Crippen molar-refractivity contribution in [3.63, 3.8) is 0 Å². The van der Waals surface area contributed by atoms with Crippen molar-refractivity contribution in [3.05, 3.63) is 23.8 Å². The van der Waals surface area contributed by atoms with Gasteiger partial charge >= 0.3 is 0 Å². The maximum atomic E-state index is 13.0. The van der Waals surface area contributed by atoms with E-state index in [1.807, 2.05) is 6.92 Å². The fraction of sp³-hybridized carbons (Fsp3) is 0.611. The first-order chi connectivity index (χ1) is 12.4. The van der Waals surface area contributed by atoms with Crippen molar-refractivity contribution in [2.75, 3.05) is 46.5 Å². The molecule has 144 valence electrons. The predicted molar refractivity (Wildman–Crippen MR) is 96.6 cm³/mol. The number of benzene rings is 1. The molecule has 0 radical (unpaired) electrons. The van der Waals surface area contributed by atoms with Gasteiger partial charge in [-0.2, -0.15) is 4.31 Å². The molecule has 2 saturated heterocycles. The molecule has 7 nitrogen and oxygen atoms in total. The summed E-state index contributed by atoms with van der Waals surface area (Å²) >= 11 is 0. The van der Waals surface area contributed by atoms with E-state index >= 15 is 0 Å². The minimum Gasteiger partial charge on any atom is -0.496 e. The van der Waals surface area contributed by atoms with Gasteiger partial charge in [-0.25, -0.2) is 8.42 Å². The Morgan fingerprint density at radius 2 is 1.96 bits per heavy atom. The van der Waals surface area contributed by atoms with E-state index in [9.17, 15) is 13.2 Å². The fourth-order valence-electron chi connectivity index (χ4n) is 3.56. The number of ether oxygens (including phenoxy) is 2. The topological polar surface area (TPSA) is 76.2 Å². The predicted octanol–water partition coefficient (Wildman–Crippen LogP) is 1.26. The van der Waals surface area contributed by atoms with Crippen LogP contribution in [0, 0.1) is 12.8 Å². The Kier molecular flexibility index (Phi) is 5.84. The molecule has 0 aromatic heterocycles. The lowest BCUT2D eigenvalue weighted by Gasteiger charge is -2.35. The summed E-state index contributed by atoms with van der Waals surface area (Å²) in [5.41, 5.74) is 0.770. The third kappa shape index (κ3) is 3.87. The van der Waals surface area contributed by atoms with Gasteiger partial charge in [-0.3, -0.25) is 4.79 Å². The average molecular weight is 382 g/mol. The van der Waals surface area contributed by atoms with E-state index in [2.05, 4.69) is 0 Å². The quantitative estimate of drug-likeness (QED) is 0.784. The standard InChI is InChI=1S/C18H26N2O5S/c1-14-12-16(5-6-17(14)24-2)26(22,23)20-7-3-4-15(13-20)18(21)19-8-10-25-11-9-19/h5-6,12,15H,3-4,7-11,13H2,1-2H3/t15-/m1/s1. The number of aryl methyl sites for hydroxylation is 1. The van der Waals surface area contributed by atoms with Crippen LogP contribution in [-0.4, -0.2) is 70.0 Å². The third-order valence-corrected chi connectivity index (χ3v) is 6.92. The minimum atomic E-state index is -3.62. The number of nitrogens with zero attached hydrogens (tertiary/aromatic N) is 2. The van der Waals surface area contributed by atoms with Crippen molar-refractivity contribution in [2.45, 2.75) is 24.7 Å². The monoisotopic (exact) mass is 382 g/mol. The number of amides is 1. The highest BCUT2D eigenvalue weighted by Crippen LogP contribution is 2.28. The Labute approximate surface area is 154 Å². The molecule has 2 aliphatic heterocycles. The first-order valence-electron chi connectivity index (χ1n) is 8.95. The van der Waals surface area contributed by atoms with Crippen LogP contribution in [0.15, 0.2) is 23.1 Å². The van der Waals surface area contributed by atoms with Crippen molar-refractivity contribution in [1.29, 1.82) is 0 Å². The zero-order chi connectivity index (χ0) is 18.7. The first-order valence-corrected chi connectivity index (χ1v) is 10.4. The van der Waals surface area contributed by atoms with Gasteiger partial charge in [0.2, 0.25) is 15.9 Å². The van der Waals surface area contributed by atoms with Crippen LogP contribution in [0.4, 0.5) is 0 Å². The second kappa shape index (κ2) is 7.94. The van der Waals surface area contributed by atoms with Gasteiger partial charge in [-0.1, -0.05) is 0 Å². The molecule has 2 aliphatic rings. The molecule has 2 fully saturated rings.